The highest BCUT2D eigenvalue weighted by molar-refractivity contribution is 5.12. The molecule has 2 heteroatoms. The van der Waals surface area contributed by atoms with Gasteiger partial charge in [-0.2, -0.15) is 0 Å². The lowest BCUT2D eigenvalue weighted by Crippen LogP contribution is -2.56. The Morgan fingerprint density at radius 1 is 0.821 bits per heavy atom. The lowest BCUT2D eigenvalue weighted by Gasteiger charge is -2.60. The van der Waals surface area contributed by atoms with Crippen LogP contribution in [0.5, 0.6) is 0 Å². The quantitative estimate of drug-likeness (QED) is 0.662. The molecule has 1 saturated heterocycles. The highest BCUT2D eigenvalue weighted by atomic mass is 16.5. The molecule has 1 heterocycles. The van der Waals surface area contributed by atoms with E-state index < -0.39 is 0 Å². The summed E-state index contributed by atoms with van der Waals surface area (Å²) in [6, 6.07) is 0. The molecule has 0 bridgehead atoms. The molecular weight excluding hydrogens is 344 g/mol. The van der Waals surface area contributed by atoms with Crippen molar-refractivity contribution in [3.05, 3.63) is 0 Å². The largest absolute Gasteiger partial charge is 0.390 e. The molecular formula is C26H42O2. The topological polar surface area (TPSA) is 29.5 Å². The van der Waals surface area contributed by atoms with Crippen molar-refractivity contribution in [2.75, 3.05) is 13.2 Å². The third-order valence-corrected chi connectivity index (χ3v) is 11.1. The lowest BCUT2D eigenvalue weighted by molar-refractivity contribution is -0.188. The normalized spacial score (nSPS) is 55.0. The van der Waals surface area contributed by atoms with Crippen LogP contribution in [0.4, 0.5) is 0 Å². The molecule has 5 aliphatic carbocycles. The summed E-state index contributed by atoms with van der Waals surface area (Å²) in [6.45, 7) is 6.96. The van der Waals surface area contributed by atoms with E-state index in [2.05, 4.69) is 13.8 Å². The maximum atomic E-state index is 10.6. The van der Waals surface area contributed by atoms with Gasteiger partial charge in [0.1, 0.15) is 0 Å². The third-order valence-electron chi connectivity index (χ3n) is 11.1. The Morgan fingerprint density at radius 2 is 1.61 bits per heavy atom. The van der Waals surface area contributed by atoms with Crippen LogP contribution in [0.3, 0.4) is 0 Å². The van der Waals surface area contributed by atoms with Gasteiger partial charge in [-0.25, -0.2) is 0 Å². The highest BCUT2D eigenvalue weighted by Crippen LogP contribution is 2.69. The van der Waals surface area contributed by atoms with Gasteiger partial charge >= 0.3 is 0 Å². The molecule has 28 heavy (non-hydrogen) atoms. The Balaban J connectivity index is 1.23. The summed E-state index contributed by atoms with van der Waals surface area (Å²) in [7, 11) is 0. The van der Waals surface area contributed by atoms with Crippen molar-refractivity contribution in [1.82, 2.24) is 0 Å². The highest BCUT2D eigenvalue weighted by Gasteiger charge is 2.63. The van der Waals surface area contributed by atoms with Crippen molar-refractivity contribution >= 4 is 0 Å². The average molecular weight is 387 g/mol. The molecule has 6 aliphatic rings. The van der Waals surface area contributed by atoms with Crippen LogP contribution < -0.4 is 0 Å². The first-order valence-electron chi connectivity index (χ1n) is 12.7. The number of ether oxygens (including phenoxy) is 1. The zero-order valence-electron chi connectivity index (χ0n) is 18.3. The smallest absolute Gasteiger partial charge is 0.0622 e. The Labute approximate surface area is 172 Å². The van der Waals surface area contributed by atoms with Crippen molar-refractivity contribution < 1.29 is 9.84 Å². The standard InChI is InChI=1S/C26H42O2/c1-24(27)11-9-19-18(14-24)5-6-21-20(19)10-12-25(2)22(21)7-8-23(25)26(15-28-16-26)13-17-3-4-17/h17-23,27H,3-16H2,1-2H3/t18-,19+,20-,21-,22+,23+,24-,25+/m1/s1. The van der Waals surface area contributed by atoms with Crippen molar-refractivity contribution in [3.8, 4) is 0 Å². The van der Waals surface area contributed by atoms with Crippen LogP contribution in [0.25, 0.3) is 0 Å². The molecule has 0 unspecified atom stereocenters. The molecule has 0 amide bonds. The van der Waals surface area contributed by atoms with E-state index in [0.29, 0.717) is 10.8 Å². The molecule has 2 nitrogen and oxygen atoms in total. The fourth-order valence-corrected chi connectivity index (χ4v) is 9.81. The van der Waals surface area contributed by atoms with E-state index in [9.17, 15) is 5.11 Å². The van der Waals surface area contributed by atoms with Crippen LogP contribution in [-0.4, -0.2) is 23.9 Å². The second-order valence-corrected chi connectivity index (χ2v) is 12.9. The predicted octanol–water partition coefficient (Wildman–Crippen LogP) is 5.82. The number of fused-ring (bicyclic) bond motifs is 5. The van der Waals surface area contributed by atoms with Crippen LogP contribution in [0.2, 0.25) is 0 Å². The zero-order valence-corrected chi connectivity index (χ0v) is 18.3. The molecule has 5 saturated carbocycles. The molecule has 6 rings (SSSR count). The molecule has 0 radical (unpaired) electrons. The third kappa shape index (κ3) is 2.72. The second-order valence-electron chi connectivity index (χ2n) is 12.9. The molecule has 158 valence electrons. The van der Waals surface area contributed by atoms with Crippen LogP contribution >= 0.6 is 0 Å². The fraction of sp³-hybridized carbons (Fsp3) is 1.00. The molecule has 1 aliphatic heterocycles. The van der Waals surface area contributed by atoms with E-state index in [1.54, 1.807) is 0 Å². The van der Waals surface area contributed by atoms with E-state index in [1.807, 2.05) is 0 Å². The zero-order chi connectivity index (χ0) is 19.1. The molecule has 0 aromatic heterocycles. The number of rotatable bonds is 3. The van der Waals surface area contributed by atoms with Crippen molar-refractivity contribution in [2.24, 2.45) is 52.3 Å². The fourth-order valence-electron chi connectivity index (χ4n) is 9.81. The van der Waals surface area contributed by atoms with Crippen LogP contribution in [0.15, 0.2) is 0 Å². The maximum Gasteiger partial charge on any atom is 0.0622 e. The average Bonchev–Trinajstić information content (AvgIpc) is 3.37. The minimum Gasteiger partial charge on any atom is -0.390 e. The van der Waals surface area contributed by atoms with Crippen molar-refractivity contribution in [1.29, 1.82) is 0 Å². The summed E-state index contributed by atoms with van der Waals surface area (Å²) in [5, 5.41) is 10.6. The number of hydrogen-bond donors (Lipinski definition) is 1. The van der Waals surface area contributed by atoms with E-state index in [4.69, 9.17) is 4.74 Å². The van der Waals surface area contributed by atoms with E-state index in [1.165, 1.54) is 64.2 Å². The Hall–Kier alpha value is -0.0800. The van der Waals surface area contributed by atoms with Gasteiger partial charge < -0.3 is 9.84 Å². The van der Waals surface area contributed by atoms with E-state index in [-0.39, 0.29) is 5.60 Å². The van der Waals surface area contributed by atoms with Gasteiger partial charge in [-0.15, -0.1) is 0 Å². The summed E-state index contributed by atoms with van der Waals surface area (Å²) >= 11 is 0. The second kappa shape index (κ2) is 6.22. The molecule has 0 spiro atoms. The van der Waals surface area contributed by atoms with Crippen LogP contribution in [-0.2, 0) is 4.74 Å². The predicted molar refractivity (Wildman–Crippen MR) is 112 cm³/mol. The Morgan fingerprint density at radius 3 is 2.32 bits per heavy atom. The van der Waals surface area contributed by atoms with Gasteiger partial charge in [-0.1, -0.05) is 19.8 Å². The van der Waals surface area contributed by atoms with Crippen LogP contribution in [0.1, 0.15) is 90.9 Å². The number of aliphatic hydroxyl groups is 1. The SMILES string of the molecule is C[C@@]1(O)CC[C@H]2[C@H](CC[C@@H]3[C@@H]2CC[C@]2(C)[C@@H](C4(CC5CC5)COC4)CC[C@@H]32)C1. The molecule has 8 atom stereocenters. The first-order valence-corrected chi connectivity index (χ1v) is 12.7. The van der Waals surface area contributed by atoms with Crippen molar-refractivity contribution in [3.63, 3.8) is 0 Å². The van der Waals surface area contributed by atoms with Crippen LogP contribution in [0, 0.1) is 52.3 Å². The van der Waals surface area contributed by atoms with Gasteiger partial charge in [-0.05, 0) is 118 Å². The van der Waals surface area contributed by atoms with Gasteiger partial charge in [0.05, 0.1) is 18.8 Å². The minimum atomic E-state index is -0.380. The molecule has 0 aromatic rings. The summed E-state index contributed by atoms with van der Waals surface area (Å²) in [5.74, 6) is 6.66. The van der Waals surface area contributed by atoms with E-state index >= 15 is 0 Å². The maximum absolute atomic E-state index is 10.6. The first kappa shape index (κ1) is 18.7. The lowest BCUT2D eigenvalue weighted by atomic mass is 9.47. The van der Waals surface area contributed by atoms with Gasteiger partial charge in [0.25, 0.3) is 0 Å². The summed E-state index contributed by atoms with van der Waals surface area (Å²) in [6.07, 6.45) is 16.7. The van der Waals surface area contributed by atoms with Gasteiger partial charge in [0, 0.05) is 5.41 Å². The minimum absolute atomic E-state index is 0.380. The Kier molecular flexibility index (Phi) is 4.15. The number of hydrogen-bond acceptors (Lipinski definition) is 2. The molecule has 0 aromatic carbocycles. The van der Waals surface area contributed by atoms with Gasteiger partial charge in [0.15, 0.2) is 0 Å². The van der Waals surface area contributed by atoms with Crippen molar-refractivity contribution in [2.45, 2.75) is 96.5 Å². The first-order chi connectivity index (χ1) is 13.4. The van der Waals surface area contributed by atoms with E-state index in [0.717, 1.165) is 67.5 Å². The summed E-state index contributed by atoms with van der Waals surface area (Å²) in [5.41, 5.74) is 0.764. The van der Waals surface area contributed by atoms with Gasteiger partial charge in [-0.3, -0.25) is 0 Å². The Bertz CT molecular complexity index is 618. The summed E-state index contributed by atoms with van der Waals surface area (Å²) in [4.78, 5) is 0. The molecule has 1 N–H and O–H groups in total. The summed E-state index contributed by atoms with van der Waals surface area (Å²) < 4.78 is 5.88. The van der Waals surface area contributed by atoms with Gasteiger partial charge in [0.2, 0.25) is 0 Å². The monoisotopic (exact) mass is 386 g/mol. The molecule has 6 fully saturated rings.